The van der Waals surface area contributed by atoms with Crippen LogP contribution in [0.1, 0.15) is 70.3 Å². The molecule has 2 aromatic heterocycles. The molecule has 36 heavy (non-hydrogen) atoms. The lowest BCUT2D eigenvalue weighted by Crippen LogP contribution is -2.52. The molecule has 1 N–H and O–H groups in total. The first-order valence-electron chi connectivity index (χ1n) is 13.1. The number of aromatic nitrogens is 5. The van der Waals surface area contributed by atoms with Gasteiger partial charge in [0.15, 0.2) is 17.3 Å². The van der Waals surface area contributed by atoms with Crippen molar-refractivity contribution in [3.8, 4) is 11.5 Å². The minimum atomic E-state index is -0.355. The van der Waals surface area contributed by atoms with Crippen LogP contribution in [0.25, 0.3) is 10.9 Å². The van der Waals surface area contributed by atoms with E-state index in [0.717, 1.165) is 37.1 Å². The third-order valence-corrected chi connectivity index (χ3v) is 7.84. The molecule has 0 radical (unpaired) electrons. The summed E-state index contributed by atoms with van der Waals surface area (Å²) in [7, 11) is 0. The van der Waals surface area contributed by atoms with Gasteiger partial charge in [-0.05, 0) is 56.2 Å². The number of hydrogen-bond donors (Lipinski definition) is 1. The Kier molecular flexibility index (Phi) is 5.95. The average molecular weight is 494 g/mol. The Morgan fingerprint density at radius 2 is 1.72 bits per heavy atom. The summed E-state index contributed by atoms with van der Waals surface area (Å²) in [5, 5.41) is 13.7. The Labute approximate surface area is 210 Å². The molecule has 6 rings (SSSR count). The number of tetrazole rings is 1. The van der Waals surface area contributed by atoms with Crippen LogP contribution in [0.3, 0.4) is 0 Å². The van der Waals surface area contributed by atoms with Crippen molar-refractivity contribution in [2.75, 3.05) is 33.0 Å². The number of pyridine rings is 1. The third kappa shape index (κ3) is 4.26. The summed E-state index contributed by atoms with van der Waals surface area (Å²) in [5.74, 6) is 2.04. The van der Waals surface area contributed by atoms with Crippen molar-refractivity contribution in [3.63, 3.8) is 0 Å². The van der Waals surface area contributed by atoms with E-state index in [0.29, 0.717) is 28.9 Å². The lowest BCUT2D eigenvalue weighted by Gasteiger charge is -2.43. The van der Waals surface area contributed by atoms with Gasteiger partial charge in [-0.25, -0.2) is 4.68 Å². The molecule has 10 heteroatoms. The van der Waals surface area contributed by atoms with Crippen LogP contribution in [0.15, 0.2) is 23.0 Å². The van der Waals surface area contributed by atoms with Crippen molar-refractivity contribution < 1.29 is 9.47 Å². The van der Waals surface area contributed by atoms with Gasteiger partial charge in [-0.1, -0.05) is 19.3 Å². The van der Waals surface area contributed by atoms with Crippen molar-refractivity contribution in [2.24, 2.45) is 0 Å². The fourth-order valence-electron chi connectivity index (χ4n) is 5.96. The molecular formula is C26H35N7O3. The number of rotatable bonds is 4. The highest BCUT2D eigenvalue weighted by atomic mass is 16.7. The molecule has 4 heterocycles. The normalized spacial score (nSPS) is 20.8. The predicted octanol–water partition coefficient (Wildman–Crippen LogP) is 3.04. The Morgan fingerprint density at radius 1 is 1.00 bits per heavy atom. The smallest absolute Gasteiger partial charge is 0.253 e. The number of aromatic amines is 1. The van der Waals surface area contributed by atoms with Crippen molar-refractivity contribution in [1.82, 2.24) is 35.0 Å². The molecule has 1 atom stereocenters. The van der Waals surface area contributed by atoms with Crippen molar-refractivity contribution >= 4 is 10.9 Å². The van der Waals surface area contributed by atoms with Gasteiger partial charge < -0.3 is 14.5 Å². The van der Waals surface area contributed by atoms with Crippen molar-refractivity contribution in [2.45, 2.75) is 70.5 Å². The van der Waals surface area contributed by atoms with E-state index in [4.69, 9.17) is 9.47 Å². The van der Waals surface area contributed by atoms with Gasteiger partial charge in [-0.15, -0.1) is 5.10 Å². The first kappa shape index (κ1) is 23.4. The van der Waals surface area contributed by atoms with Crippen molar-refractivity contribution in [3.05, 3.63) is 39.9 Å². The maximum Gasteiger partial charge on any atom is 0.253 e. The number of hydrogen-bond acceptors (Lipinski definition) is 8. The number of ether oxygens (including phenoxy) is 2. The molecule has 0 unspecified atom stereocenters. The van der Waals surface area contributed by atoms with E-state index in [2.05, 4.69) is 51.1 Å². The average Bonchev–Trinajstić information content (AvgIpc) is 3.54. The van der Waals surface area contributed by atoms with E-state index in [1.807, 2.05) is 22.9 Å². The third-order valence-electron chi connectivity index (χ3n) is 7.84. The molecule has 0 spiro atoms. The number of nitrogens with zero attached hydrogens (tertiary/aromatic N) is 6. The van der Waals surface area contributed by atoms with Gasteiger partial charge in [0.25, 0.3) is 5.56 Å². The Balaban J connectivity index is 1.39. The van der Waals surface area contributed by atoms with Crippen LogP contribution in [-0.4, -0.2) is 74.0 Å². The van der Waals surface area contributed by atoms with Crippen LogP contribution in [0.2, 0.25) is 0 Å². The molecule has 2 aliphatic heterocycles. The van der Waals surface area contributed by atoms with Crippen LogP contribution in [0.4, 0.5) is 0 Å². The molecule has 1 aromatic carbocycles. The van der Waals surface area contributed by atoms with E-state index >= 15 is 0 Å². The highest BCUT2D eigenvalue weighted by Gasteiger charge is 2.36. The minimum Gasteiger partial charge on any atom is -0.454 e. The van der Waals surface area contributed by atoms with Gasteiger partial charge in [0.2, 0.25) is 6.79 Å². The largest absolute Gasteiger partial charge is 0.454 e. The second-order valence-corrected chi connectivity index (χ2v) is 11.2. The highest BCUT2D eigenvalue weighted by Crippen LogP contribution is 2.37. The van der Waals surface area contributed by atoms with Crippen molar-refractivity contribution in [1.29, 1.82) is 0 Å². The molecule has 1 saturated carbocycles. The number of benzene rings is 1. The van der Waals surface area contributed by atoms with Gasteiger partial charge in [0.05, 0.1) is 11.1 Å². The predicted molar refractivity (Wildman–Crippen MR) is 135 cm³/mol. The first-order valence-corrected chi connectivity index (χ1v) is 13.1. The highest BCUT2D eigenvalue weighted by molar-refractivity contribution is 5.83. The fourth-order valence-corrected chi connectivity index (χ4v) is 5.96. The lowest BCUT2D eigenvalue weighted by atomic mass is 9.93. The maximum atomic E-state index is 13.5. The number of fused-ring (bicyclic) bond motifs is 2. The zero-order valence-electron chi connectivity index (χ0n) is 21.4. The summed E-state index contributed by atoms with van der Waals surface area (Å²) in [6.07, 6.45) is 6.62. The fraction of sp³-hybridized carbons (Fsp3) is 0.615. The van der Waals surface area contributed by atoms with Gasteiger partial charge in [-0.2, -0.15) is 0 Å². The van der Waals surface area contributed by atoms with Gasteiger partial charge in [0, 0.05) is 49.2 Å². The topological polar surface area (TPSA) is 101 Å². The molecule has 1 aliphatic carbocycles. The molecule has 3 aliphatic rings. The molecule has 0 bridgehead atoms. The summed E-state index contributed by atoms with van der Waals surface area (Å²) in [4.78, 5) is 21.6. The zero-order valence-corrected chi connectivity index (χ0v) is 21.4. The Morgan fingerprint density at radius 3 is 2.44 bits per heavy atom. The number of piperazine rings is 1. The minimum absolute atomic E-state index is 0.135. The Bertz CT molecular complexity index is 1300. The van der Waals surface area contributed by atoms with Crippen LogP contribution < -0.4 is 15.0 Å². The molecule has 192 valence electrons. The maximum absolute atomic E-state index is 13.5. The van der Waals surface area contributed by atoms with Crippen LogP contribution in [0.5, 0.6) is 11.5 Å². The SMILES string of the molecule is CC(C)(C)n1nnnc1[C@@H](c1cc2cc3c(cc2[nH]c1=O)OCO3)N1CCN(C2CCCCC2)CC1. The molecule has 1 saturated heterocycles. The van der Waals surface area contributed by atoms with E-state index in [-0.39, 0.29) is 23.9 Å². The van der Waals surface area contributed by atoms with Crippen LogP contribution in [-0.2, 0) is 5.54 Å². The summed E-state index contributed by atoms with van der Waals surface area (Å²) >= 11 is 0. The second kappa shape index (κ2) is 9.15. The second-order valence-electron chi connectivity index (χ2n) is 11.2. The summed E-state index contributed by atoms with van der Waals surface area (Å²) in [5.41, 5.74) is 0.915. The van der Waals surface area contributed by atoms with Gasteiger partial charge >= 0.3 is 0 Å². The summed E-state index contributed by atoms with van der Waals surface area (Å²) in [6.45, 7) is 10.1. The molecule has 0 amide bonds. The lowest BCUT2D eigenvalue weighted by molar-refractivity contribution is 0.0606. The summed E-state index contributed by atoms with van der Waals surface area (Å²) < 4.78 is 13.0. The van der Waals surface area contributed by atoms with E-state index in [1.54, 1.807) is 0 Å². The van der Waals surface area contributed by atoms with Gasteiger partial charge in [-0.3, -0.25) is 14.6 Å². The van der Waals surface area contributed by atoms with Crippen LogP contribution in [0, 0.1) is 0 Å². The molecule has 2 fully saturated rings. The van der Waals surface area contributed by atoms with Gasteiger partial charge in [0.1, 0.15) is 6.04 Å². The first-order chi connectivity index (χ1) is 17.4. The molecular weight excluding hydrogens is 458 g/mol. The quantitative estimate of drug-likeness (QED) is 0.592. The van der Waals surface area contributed by atoms with E-state index in [1.165, 1.54) is 32.1 Å². The Hall–Kier alpha value is -2.98. The van der Waals surface area contributed by atoms with Crippen LogP contribution >= 0.6 is 0 Å². The number of H-pyrrole nitrogens is 1. The number of nitrogens with one attached hydrogen (secondary N) is 1. The zero-order chi connectivity index (χ0) is 24.9. The summed E-state index contributed by atoms with van der Waals surface area (Å²) in [6, 6.07) is 6.07. The molecule has 3 aromatic rings. The molecule has 10 nitrogen and oxygen atoms in total. The van der Waals surface area contributed by atoms with E-state index in [9.17, 15) is 4.79 Å². The van der Waals surface area contributed by atoms with E-state index < -0.39 is 0 Å². The monoisotopic (exact) mass is 493 g/mol. The standard InChI is InChI=1S/C26H35N7O3/c1-26(2,3)33-24(28-29-30-33)23(32-11-9-31(10-12-32)18-7-5-4-6-8-18)19-13-17-14-21-22(36-16-35-21)15-20(17)27-25(19)34/h13-15,18,23H,4-12,16H2,1-3H3,(H,27,34)/t23-/m1/s1.